The Kier molecular flexibility index (Phi) is 6.63. The number of anilines is 1. The zero-order chi connectivity index (χ0) is 19.2. The second-order valence-corrected chi connectivity index (χ2v) is 7.89. The molecule has 6 nitrogen and oxygen atoms in total. The SMILES string of the molecule is CCOC(=O)c1c(C2CC2)csc1NC(=O)COC(=O)CCc1ccsc1. The first-order valence-electron chi connectivity index (χ1n) is 8.83. The van der Waals surface area contributed by atoms with E-state index in [2.05, 4.69) is 5.32 Å². The number of ether oxygens (including phenoxy) is 2. The van der Waals surface area contributed by atoms with Gasteiger partial charge in [0.05, 0.1) is 12.2 Å². The van der Waals surface area contributed by atoms with Crippen LogP contribution in [0.15, 0.2) is 22.2 Å². The van der Waals surface area contributed by atoms with Gasteiger partial charge in [-0.2, -0.15) is 11.3 Å². The third-order valence-corrected chi connectivity index (χ3v) is 5.78. The number of aryl methyl sites for hydroxylation is 1. The molecule has 0 atom stereocenters. The second kappa shape index (κ2) is 9.14. The molecular weight excluding hydrogens is 386 g/mol. The van der Waals surface area contributed by atoms with Crippen LogP contribution in [0.25, 0.3) is 0 Å². The fourth-order valence-electron chi connectivity index (χ4n) is 2.63. The molecule has 0 saturated heterocycles. The van der Waals surface area contributed by atoms with Gasteiger partial charge in [-0.25, -0.2) is 4.79 Å². The minimum atomic E-state index is -0.464. The first kappa shape index (κ1) is 19.6. The highest BCUT2D eigenvalue weighted by molar-refractivity contribution is 7.15. The third-order valence-electron chi connectivity index (χ3n) is 4.13. The molecule has 2 aromatic heterocycles. The minimum absolute atomic E-state index is 0.225. The van der Waals surface area contributed by atoms with Gasteiger partial charge in [0.25, 0.3) is 5.91 Å². The lowest BCUT2D eigenvalue weighted by Gasteiger charge is -2.09. The van der Waals surface area contributed by atoms with Crippen molar-refractivity contribution in [1.29, 1.82) is 0 Å². The third kappa shape index (κ3) is 5.40. The first-order chi connectivity index (χ1) is 13.1. The molecule has 1 N–H and O–H groups in total. The highest BCUT2D eigenvalue weighted by Crippen LogP contribution is 2.46. The van der Waals surface area contributed by atoms with Gasteiger partial charge in [-0.15, -0.1) is 11.3 Å². The molecule has 0 radical (unpaired) electrons. The lowest BCUT2D eigenvalue weighted by Crippen LogP contribution is -2.22. The number of esters is 2. The fourth-order valence-corrected chi connectivity index (χ4v) is 4.38. The number of carbonyl (C=O) groups is 3. The van der Waals surface area contributed by atoms with Crippen LogP contribution in [0, 0.1) is 0 Å². The Morgan fingerprint density at radius 1 is 1.22 bits per heavy atom. The van der Waals surface area contributed by atoms with Gasteiger partial charge < -0.3 is 14.8 Å². The van der Waals surface area contributed by atoms with Crippen molar-refractivity contribution in [3.8, 4) is 0 Å². The Labute approximate surface area is 165 Å². The van der Waals surface area contributed by atoms with Gasteiger partial charge >= 0.3 is 11.9 Å². The molecule has 1 fully saturated rings. The fraction of sp³-hybridized carbons (Fsp3) is 0.421. The molecule has 2 heterocycles. The van der Waals surface area contributed by atoms with Crippen molar-refractivity contribution >= 4 is 45.5 Å². The van der Waals surface area contributed by atoms with Gasteiger partial charge in [-0.05, 0) is 65.4 Å². The Morgan fingerprint density at radius 2 is 2.04 bits per heavy atom. The first-order valence-corrected chi connectivity index (χ1v) is 10.7. The van der Waals surface area contributed by atoms with Crippen LogP contribution in [0.2, 0.25) is 0 Å². The van der Waals surface area contributed by atoms with Gasteiger partial charge in [-0.3, -0.25) is 9.59 Å². The topological polar surface area (TPSA) is 81.7 Å². The second-order valence-electron chi connectivity index (χ2n) is 6.23. The summed E-state index contributed by atoms with van der Waals surface area (Å²) in [4.78, 5) is 36.2. The maximum Gasteiger partial charge on any atom is 0.341 e. The van der Waals surface area contributed by atoms with Crippen LogP contribution >= 0.6 is 22.7 Å². The van der Waals surface area contributed by atoms with E-state index < -0.39 is 17.8 Å². The molecule has 0 aliphatic heterocycles. The van der Waals surface area contributed by atoms with Crippen molar-refractivity contribution < 1.29 is 23.9 Å². The normalized spacial score (nSPS) is 13.2. The van der Waals surface area contributed by atoms with E-state index in [0.29, 0.717) is 22.9 Å². The van der Waals surface area contributed by atoms with Gasteiger partial charge in [0.2, 0.25) is 0 Å². The van der Waals surface area contributed by atoms with Crippen LogP contribution in [0.3, 0.4) is 0 Å². The standard InChI is InChI=1S/C19H21NO5S2/c1-2-24-19(23)17-14(13-4-5-13)11-27-18(17)20-15(21)9-25-16(22)6-3-12-7-8-26-10-12/h7-8,10-11,13H,2-6,9H2,1H3,(H,20,21). The summed E-state index contributed by atoms with van der Waals surface area (Å²) in [5, 5.41) is 8.96. The average Bonchev–Trinajstić information content (AvgIpc) is 3.19. The smallest absolute Gasteiger partial charge is 0.341 e. The summed E-state index contributed by atoms with van der Waals surface area (Å²) >= 11 is 2.87. The Hall–Kier alpha value is -2.19. The van der Waals surface area contributed by atoms with Crippen molar-refractivity contribution in [2.24, 2.45) is 0 Å². The van der Waals surface area contributed by atoms with Crippen LogP contribution in [0.4, 0.5) is 5.00 Å². The maximum atomic E-state index is 12.3. The van der Waals surface area contributed by atoms with Crippen molar-refractivity contribution in [3.05, 3.63) is 38.9 Å². The number of nitrogens with one attached hydrogen (secondary N) is 1. The predicted molar refractivity (Wildman–Crippen MR) is 104 cm³/mol. The molecule has 0 spiro atoms. The summed E-state index contributed by atoms with van der Waals surface area (Å²) in [6.07, 6.45) is 2.89. The summed E-state index contributed by atoms with van der Waals surface area (Å²) in [5.74, 6) is -0.953. The zero-order valence-corrected chi connectivity index (χ0v) is 16.6. The maximum absolute atomic E-state index is 12.3. The lowest BCUT2D eigenvalue weighted by molar-refractivity contribution is -0.147. The quantitative estimate of drug-likeness (QED) is 0.636. The van der Waals surface area contributed by atoms with Gasteiger partial charge in [-0.1, -0.05) is 0 Å². The molecule has 0 bridgehead atoms. The Bertz CT molecular complexity index is 808. The molecule has 1 aliphatic rings. The molecule has 2 aromatic rings. The van der Waals surface area contributed by atoms with Crippen LogP contribution < -0.4 is 5.32 Å². The van der Waals surface area contributed by atoms with Crippen molar-refractivity contribution in [1.82, 2.24) is 0 Å². The van der Waals surface area contributed by atoms with Gasteiger partial charge in [0.1, 0.15) is 5.00 Å². The van der Waals surface area contributed by atoms with E-state index in [-0.39, 0.29) is 19.6 Å². The van der Waals surface area contributed by atoms with E-state index in [1.807, 2.05) is 22.2 Å². The number of rotatable bonds is 9. The highest BCUT2D eigenvalue weighted by atomic mass is 32.1. The summed E-state index contributed by atoms with van der Waals surface area (Å²) in [6.45, 7) is 1.64. The predicted octanol–water partition coefficient (Wildman–Crippen LogP) is 3.98. The van der Waals surface area contributed by atoms with Crippen LogP contribution in [-0.2, 0) is 25.5 Å². The van der Waals surface area contributed by atoms with E-state index in [9.17, 15) is 14.4 Å². The molecule has 8 heteroatoms. The molecule has 27 heavy (non-hydrogen) atoms. The van der Waals surface area contributed by atoms with Crippen LogP contribution in [0.1, 0.15) is 53.6 Å². The molecule has 1 aliphatic carbocycles. The van der Waals surface area contributed by atoms with Crippen molar-refractivity contribution in [2.45, 2.75) is 38.5 Å². The number of carbonyl (C=O) groups excluding carboxylic acids is 3. The van der Waals surface area contributed by atoms with E-state index in [1.54, 1.807) is 18.3 Å². The molecule has 144 valence electrons. The van der Waals surface area contributed by atoms with E-state index in [0.717, 1.165) is 24.0 Å². The molecule has 1 saturated carbocycles. The Morgan fingerprint density at radius 3 is 2.70 bits per heavy atom. The summed E-state index contributed by atoms with van der Waals surface area (Å²) in [6, 6.07) is 1.95. The summed E-state index contributed by atoms with van der Waals surface area (Å²) in [7, 11) is 0. The van der Waals surface area contributed by atoms with Crippen molar-refractivity contribution in [3.63, 3.8) is 0 Å². The van der Waals surface area contributed by atoms with Gasteiger partial charge in [0, 0.05) is 6.42 Å². The number of thiophene rings is 2. The lowest BCUT2D eigenvalue weighted by atomic mass is 10.1. The van der Waals surface area contributed by atoms with Gasteiger partial charge in [0.15, 0.2) is 6.61 Å². The highest BCUT2D eigenvalue weighted by Gasteiger charge is 2.32. The molecule has 3 rings (SSSR count). The van der Waals surface area contributed by atoms with E-state index >= 15 is 0 Å². The Balaban J connectivity index is 1.52. The van der Waals surface area contributed by atoms with Crippen molar-refractivity contribution in [2.75, 3.05) is 18.5 Å². The molecular formula is C19H21NO5S2. The number of hydrogen-bond acceptors (Lipinski definition) is 7. The largest absolute Gasteiger partial charge is 0.462 e. The van der Waals surface area contributed by atoms with E-state index in [1.165, 1.54) is 11.3 Å². The average molecular weight is 408 g/mol. The monoisotopic (exact) mass is 407 g/mol. The van der Waals surface area contributed by atoms with Crippen LogP contribution in [0.5, 0.6) is 0 Å². The molecule has 1 amide bonds. The zero-order valence-electron chi connectivity index (χ0n) is 15.0. The van der Waals surface area contributed by atoms with Crippen LogP contribution in [-0.4, -0.2) is 31.1 Å². The summed E-state index contributed by atoms with van der Waals surface area (Å²) < 4.78 is 10.2. The summed E-state index contributed by atoms with van der Waals surface area (Å²) in [5.41, 5.74) is 2.44. The molecule has 0 unspecified atom stereocenters. The van der Waals surface area contributed by atoms with E-state index in [4.69, 9.17) is 9.47 Å². The number of amides is 1. The molecule has 0 aromatic carbocycles. The number of hydrogen-bond donors (Lipinski definition) is 1. The minimum Gasteiger partial charge on any atom is -0.462 e.